The van der Waals surface area contributed by atoms with Crippen molar-refractivity contribution in [2.24, 2.45) is 5.73 Å². The Morgan fingerprint density at radius 3 is 2.61 bits per heavy atom. The second kappa shape index (κ2) is 7.50. The predicted molar refractivity (Wildman–Crippen MR) is 106 cm³/mol. The molecule has 0 atom stereocenters. The van der Waals surface area contributed by atoms with Crippen molar-refractivity contribution in [1.29, 1.82) is 0 Å². The van der Waals surface area contributed by atoms with Crippen LogP contribution in [0.3, 0.4) is 0 Å². The van der Waals surface area contributed by atoms with Gasteiger partial charge in [-0.05, 0) is 55.2 Å². The van der Waals surface area contributed by atoms with Crippen LogP contribution in [-0.2, 0) is 6.42 Å². The van der Waals surface area contributed by atoms with E-state index in [1.165, 1.54) is 11.6 Å². The number of piperidine rings is 1. The fourth-order valence-corrected chi connectivity index (χ4v) is 4.09. The lowest BCUT2D eigenvalue weighted by molar-refractivity contribution is 0.1000. The van der Waals surface area contributed by atoms with Gasteiger partial charge in [0, 0.05) is 42.6 Å². The zero-order valence-corrected chi connectivity index (χ0v) is 15.5. The number of amides is 3. The number of halogens is 1. The Morgan fingerprint density at radius 1 is 1.07 bits per heavy atom. The molecule has 7 heteroatoms. The minimum atomic E-state index is -0.528. The molecule has 2 aromatic rings. The Bertz CT molecular complexity index is 909. The Balaban J connectivity index is 1.36. The average Bonchev–Trinajstić information content (AvgIpc) is 3.11. The first-order valence-corrected chi connectivity index (χ1v) is 9.52. The molecule has 2 heterocycles. The van der Waals surface area contributed by atoms with Crippen LogP contribution in [0.2, 0.25) is 0 Å². The second-order valence-corrected chi connectivity index (χ2v) is 7.31. The molecule has 0 bridgehead atoms. The number of hydrogen-bond acceptors (Lipinski definition) is 3. The first kappa shape index (κ1) is 18.3. The Morgan fingerprint density at radius 2 is 1.86 bits per heavy atom. The van der Waals surface area contributed by atoms with Gasteiger partial charge in [0.05, 0.1) is 0 Å². The topological polar surface area (TPSA) is 78.7 Å². The summed E-state index contributed by atoms with van der Waals surface area (Å²) in [5.74, 6) is -0.736. The van der Waals surface area contributed by atoms with Crippen LogP contribution in [0.25, 0.3) is 0 Å². The molecule has 0 unspecified atom stereocenters. The number of nitrogens with zero attached hydrogens (tertiary/aromatic N) is 2. The van der Waals surface area contributed by atoms with Gasteiger partial charge in [-0.3, -0.25) is 4.79 Å². The number of likely N-dealkylation sites (tertiary alicyclic amines) is 1. The van der Waals surface area contributed by atoms with Gasteiger partial charge < -0.3 is 20.9 Å². The Hall–Kier alpha value is -3.09. The highest BCUT2D eigenvalue weighted by molar-refractivity contribution is 5.95. The summed E-state index contributed by atoms with van der Waals surface area (Å²) in [6.45, 7) is 2.16. The third-order valence-electron chi connectivity index (χ3n) is 5.57. The predicted octanol–water partition coefficient (Wildman–Crippen LogP) is 2.98. The van der Waals surface area contributed by atoms with Gasteiger partial charge in [0.2, 0.25) is 5.91 Å². The smallest absolute Gasteiger partial charge is 0.321 e. The zero-order chi connectivity index (χ0) is 19.7. The largest absolute Gasteiger partial charge is 0.368 e. The minimum absolute atomic E-state index is 0.187. The summed E-state index contributed by atoms with van der Waals surface area (Å²) in [5, 5.41) is 2.83. The van der Waals surface area contributed by atoms with E-state index in [1.807, 2.05) is 6.07 Å². The molecular formula is C21H23FN4O2. The van der Waals surface area contributed by atoms with Crippen molar-refractivity contribution in [1.82, 2.24) is 4.90 Å². The molecule has 0 saturated carbocycles. The third-order valence-corrected chi connectivity index (χ3v) is 5.57. The van der Waals surface area contributed by atoms with Crippen molar-refractivity contribution in [3.8, 4) is 0 Å². The molecule has 1 saturated heterocycles. The Kier molecular flexibility index (Phi) is 4.90. The number of nitrogens with one attached hydrogen (secondary N) is 1. The van der Waals surface area contributed by atoms with Crippen LogP contribution in [0.5, 0.6) is 0 Å². The van der Waals surface area contributed by atoms with E-state index in [2.05, 4.69) is 10.2 Å². The van der Waals surface area contributed by atoms with Crippen LogP contribution in [-0.4, -0.2) is 42.5 Å². The van der Waals surface area contributed by atoms with Crippen LogP contribution in [0.1, 0.15) is 28.8 Å². The fourth-order valence-electron chi connectivity index (χ4n) is 4.09. The van der Waals surface area contributed by atoms with E-state index in [1.54, 1.807) is 35.2 Å². The highest BCUT2D eigenvalue weighted by Crippen LogP contribution is 2.33. The molecule has 6 nitrogen and oxygen atoms in total. The SMILES string of the molecule is NC(=O)c1cccc(NC(=O)N2CCC(N3CCc4ccc(F)cc43)CC2)c1. The molecule has 0 radical (unpaired) electrons. The van der Waals surface area contributed by atoms with Gasteiger partial charge >= 0.3 is 6.03 Å². The zero-order valence-electron chi connectivity index (χ0n) is 15.5. The number of hydrogen-bond donors (Lipinski definition) is 2. The molecule has 1 fully saturated rings. The summed E-state index contributed by atoms with van der Waals surface area (Å²) in [4.78, 5) is 27.9. The summed E-state index contributed by atoms with van der Waals surface area (Å²) in [6, 6.07) is 11.7. The number of carbonyl (C=O) groups is 2. The van der Waals surface area contributed by atoms with Crippen molar-refractivity contribution in [2.75, 3.05) is 29.9 Å². The van der Waals surface area contributed by atoms with Gasteiger partial charge in [0.15, 0.2) is 0 Å². The second-order valence-electron chi connectivity index (χ2n) is 7.31. The van der Waals surface area contributed by atoms with Gasteiger partial charge in [-0.1, -0.05) is 12.1 Å². The molecule has 0 spiro atoms. The fraction of sp³-hybridized carbons (Fsp3) is 0.333. The molecule has 3 amide bonds. The van der Waals surface area contributed by atoms with Gasteiger partial charge in [-0.15, -0.1) is 0 Å². The van der Waals surface area contributed by atoms with Crippen molar-refractivity contribution < 1.29 is 14.0 Å². The Labute approximate surface area is 163 Å². The number of anilines is 2. The maximum Gasteiger partial charge on any atom is 0.321 e. The summed E-state index contributed by atoms with van der Waals surface area (Å²) in [5.41, 5.74) is 8.37. The third kappa shape index (κ3) is 3.65. The monoisotopic (exact) mass is 382 g/mol. The number of nitrogens with two attached hydrogens (primary N) is 1. The van der Waals surface area contributed by atoms with Crippen molar-refractivity contribution >= 4 is 23.3 Å². The number of primary amides is 1. The van der Waals surface area contributed by atoms with Crippen molar-refractivity contribution in [2.45, 2.75) is 25.3 Å². The molecule has 0 aliphatic carbocycles. The van der Waals surface area contributed by atoms with Crippen LogP contribution in [0, 0.1) is 5.82 Å². The molecule has 146 valence electrons. The first-order valence-electron chi connectivity index (χ1n) is 9.52. The lowest BCUT2D eigenvalue weighted by atomic mass is 10.0. The van der Waals surface area contributed by atoms with Crippen molar-refractivity contribution in [3.05, 3.63) is 59.4 Å². The molecule has 0 aromatic heterocycles. The molecule has 3 N–H and O–H groups in total. The van der Waals surface area contributed by atoms with Crippen LogP contribution < -0.4 is 16.0 Å². The van der Waals surface area contributed by atoms with Crippen LogP contribution >= 0.6 is 0 Å². The van der Waals surface area contributed by atoms with Crippen molar-refractivity contribution in [3.63, 3.8) is 0 Å². The number of urea groups is 1. The lowest BCUT2D eigenvalue weighted by Crippen LogP contribution is -2.47. The van der Waals surface area contributed by atoms with E-state index < -0.39 is 5.91 Å². The molecule has 2 aromatic carbocycles. The standard InChI is InChI=1S/C21H23FN4O2/c22-16-5-4-14-6-11-26(19(14)13-16)18-7-9-25(10-8-18)21(28)24-17-3-1-2-15(12-17)20(23)27/h1-5,12-13,18H,6-11H2,(H2,23,27)(H,24,28). The van der Waals surface area contributed by atoms with E-state index in [-0.39, 0.29) is 11.8 Å². The normalized spacial score (nSPS) is 16.8. The van der Waals surface area contributed by atoms with Crippen LogP contribution in [0.15, 0.2) is 42.5 Å². The van der Waals surface area contributed by atoms with Gasteiger partial charge in [-0.2, -0.15) is 0 Å². The van der Waals surface area contributed by atoms with Gasteiger partial charge in [0.1, 0.15) is 5.82 Å². The summed E-state index contributed by atoms with van der Waals surface area (Å²) in [6.07, 6.45) is 2.61. The highest BCUT2D eigenvalue weighted by atomic mass is 19.1. The van der Waals surface area contributed by atoms with E-state index in [9.17, 15) is 14.0 Å². The molecule has 2 aliphatic rings. The molecule has 4 rings (SSSR count). The van der Waals surface area contributed by atoms with Gasteiger partial charge in [0.25, 0.3) is 0 Å². The number of carbonyl (C=O) groups excluding carboxylic acids is 2. The van der Waals surface area contributed by atoms with E-state index >= 15 is 0 Å². The molecule has 2 aliphatic heterocycles. The van der Waals surface area contributed by atoms with Crippen LogP contribution in [0.4, 0.5) is 20.6 Å². The maximum atomic E-state index is 13.6. The summed E-state index contributed by atoms with van der Waals surface area (Å²) >= 11 is 0. The number of rotatable bonds is 3. The lowest BCUT2D eigenvalue weighted by Gasteiger charge is -2.38. The first-order chi connectivity index (χ1) is 13.5. The maximum absolute atomic E-state index is 13.6. The quantitative estimate of drug-likeness (QED) is 0.857. The van der Waals surface area contributed by atoms with Gasteiger partial charge in [-0.25, -0.2) is 9.18 Å². The average molecular weight is 382 g/mol. The highest BCUT2D eigenvalue weighted by Gasteiger charge is 2.30. The molecule has 28 heavy (non-hydrogen) atoms. The number of fused-ring (bicyclic) bond motifs is 1. The van der Waals surface area contributed by atoms with E-state index in [0.717, 1.165) is 31.5 Å². The van der Waals surface area contributed by atoms with E-state index in [4.69, 9.17) is 5.73 Å². The van der Waals surface area contributed by atoms with E-state index in [0.29, 0.717) is 30.4 Å². The number of benzene rings is 2. The summed E-state index contributed by atoms with van der Waals surface area (Å²) < 4.78 is 13.6. The summed E-state index contributed by atoms with van der Waals surface area (Å²) in [7, 11) is 0. The minimum Gasteiger partial charge on any atom is -0.368 e. The molecular weight excluding hydrogens is 359 g/mol.